The zero-order valence-electron chi connectivity index (χ0n) is 17.1. The van der Waals surface area contributed by atoms with Gasteiger partial charge in [0.25, 0.3) is 5.91 Å². The topological polar surface area (TPSA) is 49.4 Å². The van der Waals surface area contributed by atoms with Gasteiger partial charge in [-0.2, -0.15) is 0 Å². The van der Waals surface area contributed by atoms with Crippen LogP contribution in [0.4, 0.5) is 0 Å². The number of carbonyl (C=O) groups excluding carboxylic acids is 2. The highest BCUT2D eigenvalue weighted by molar-refractivity contribution is 8.26. The summed E-state index contributed by atoms with van der Waals surface area (Å²) in [5.41, 5.74) is 2.21. The molecule has 0 atom stereocenters. The second-order valence-electron chi connectivity index (χ2n) is 7.96. The summed E-state index contributed by atoms with van der Waals surface area (Å²) in [6.45, 7) is 2.67. The lowest BCUT2D eigenvalue weighted by atomic mass is 9.95. The van der Waals surface area contributed by atoms with Crippen molar-refractivity contribution in [3.8, 4) is 0 Å². The van der Waals surface area contributed by atoms with E-state index in [1.807, 2.05) is 37.3 Å². The molecule has 1 N–H and O–H groups in total. The fourth-order valence-corrected chi connectivity index (χ4v) is 5.09. The molecule has 1 heterocycles. The molecule has 2 fully saturated rings. The Kier molecular flexibility index (Phi) is 8.30. The molecule has 2 amide bonds. The summed E-state index contributed by atoms with van der Waals surface area (Å²) in [4.78, 5) is 27.1. The van der Waals surface area contributed by atoms with Crippen LogP contribution in [0.15, 0.2) is 29.2 Å². The normalized spacial score (nSPS) is 19.2. The third-order valence-corrected chi connectivity index (χ3v) is 6.88. The third-order valence-electron chi connectivity index (χ3n) is 5.50. The van der Waals surface area contributed by atoms with Crippen LogP contribution in [0, 0.1) is 6.92 Å². The second kappa shape index (κ2) is 10.9. The molecule has 1 aliphatic carbocycles. The van der Waals surface area contributed by atoms with Crippen molar-refractivity contribution < 1.29 is 9.59 Å². The summed E-state index contributed by atoms with van der Waals surface area (Å²) in [5, 5.41) is 3.16. The second-order valence-corrected chi connectivity index (χ2v) is 9.63. The lowest BCUT2D eigenvalue weighted by Crippen LogP contribution is -2.36. The molecular weight excluding hydrogens is 400 g/mol. The van der Waals surface area contributed by atoms with Crippen molar-refractivity contribution in [2.24, 2.45) is 0 Å². The number of benzene rings is 1. The van der Waals surface area contributed by atoms with E-state index >= 15 is 0 Å². The van der Waals surface area contributed by atoms with Crippen molar-refractivity contribution in [1.29, 1.82) is 0 Å². The molecule has 1 saturated heterocycles. The van der Waals surface area contributed by atoms with Crippen LogP contribution >= 0.6 is 24.0 Å². The Labute approximate surface area is 183 Å². The Hall–Kier alpha value is -1.66. The van der Waals surface area contributed by atoms with Crippen molar-refractivity contribution in [1.82, 2.24) is 10.2 Å². The number of aryl methyl sites for hydroxylation is 1. The summed E-state index contributed by atoms with van der Waals surface area (Å²) in [6.07, 6.45) is 11.1. The molecule has 0 unspecified atom stereocenters. The van der Waals surface area contributed by atoms with Crippen LogP contribution in [0.2, 0.25) is 0 Å². The minimum Gasteiger partial charge on any atom is -0.353 e. The van der Waals surface area contributed by atoms with E-state index < -0.39 is 0 Å². The Morgan fingerprint density at radius 1 is 1.17 bits per heavy atom. The van der Waals surface area contributed by atoms with E-state index in [1.165, 1.54) is 36.6 Å². The molecule has 4 nitrogen and oxygen atoms in total. The maximum atomic E-state index is 12.7. The number of nitrogens with one attached hydrogen (secondary N) is 1. The smallest absolute Gasteiger partial charge is 0.266 e. The Morgan fingerprint density at radius 2 is 1.90 bits per heavy atom. The van der Waals surface area contributed by atoms with Gasteiger partial charge in [-0.1, -0.05) is 79.5 Å². The number of rotatable bonds is 8. The Balaban J connectivity index is 1.38. The number of thiocarbonyl (C=S) groups is 1. The fraction of sp³-hybridized carbons (Fsp3) is 0.522. The SMILES string of the molecule is Cc1ccc(/C=C2\SC(=S)N(CCCCCC(=O)NC3CCCCC3)C2=O)cc1. The maximum Gasteiger partial charge on any atom is 0.266 e. The van der Waals surface area contributed by atoms with E-state index in [2.05, 4.69) is 5.32 Å². The highest BCUT2D eigenvalue weighted by atomic mass is 32.2. The van der Waals surface area contributed by atoms with Crippen molar-refractivity contribution >= 4 is 46.2 Å². The molecule has 6 heteroatoms. The number of carbonyl (C=O) groups is 2. The van der Waals surface area contributed by atoms with E-state index in [0.29, 0.717) is 28.2 Å². The molecule has 1 aliphatic heterocycles. The lowest BCUT2D eigenvalue weighted by molar-refractivity contribution is -0.123. The summed E-state index contributed by atoms with van der Waals surface area (Å²) in [7, 11) is 0. The van der Waals surface area contributed by atoms with Crippen LogP contribution < -0.4 is 5.32 Å². The molecule has 0 aromatic heterocycles. The number of hydrogen-bond acceptors (Lipinski definition) is 4. The van der Waals surface area contributed by atoms with Gasteiger partial charge in [0.2, 0.25) is 5.91 Å². The molecular formula is C23H30N2O2S2. The van der Waals surface area contributed by atoms with E-state index in [9.17, 15) is 9.59 Å². The van der Waals surface area contributed by atoms with Crippen molar-refractivity contribution in [2.45, 2.75) is 70.8 Å². The van der Waals surface area contributed by atoms with Gasteiger partial charge in [-0.15, -0.1) is 0 Å². The molecule has 1 saturated carbocycles. The van der Waals surface area contributed by atoms with Gasteiger partial charge in [0, 0.05) is 19.0 Å². The van der Waals surface area contributed by atoms with Gasteiger partial charge in [-0.25, -0.2) is 0 Å². The minimum atomic E-state index is -0.00406. The quantitative estimate of drug-likeness (QED) is 0.350. The molecule has 0 spiro atoms. The molecule has 29 heavy (non-hydrogen) atoms. The largest absolute Gasteiger partial charge is 0.353 e. The number of unbranched alkanes of at least 4 members (excludes halogenated alkanes) is 2. The van der Waals surface area contributed by atoms with Crippen LogP contribution in [-0.4, -0.2) is 33.6 Å². The van der Waals surface area contributed by atoms with Gasteiger partial charge in [-0.3, -0.25) is 14.5 Å². The predicted molar refractivity (Wildman–Crippen MR) is 125 cm³/mol. The van der Waals surface area contributed by atoms with Gasteiger partial charge in [-0.05, 0) is 44.2 Å². The lowest BCUT2D eigenvalue weighted by Gasteiger charge is -2.22. The molecule has 2 aliphatic rings. The van der Waals surface area contributed by atoms with Crippen LogP contribution in [0.1, 0.15) is 68.9 Å². The first-order chi connectivity index (χ1) is 14.0. The standard InChI is InChI=1S/C23H30N2O2S2/c1-17-11-13-18(14-12-17)16-20-22(27)25(23(28)29-20)15-7-3-6-10-21(26)24-19-8-4-2-5-9-19/h11-14,16,19H,2-10,15H2,1H3,(H,24,26)/b20-16-. The van der Waals surface area contributed by atoms with E-state index in [4.69, 9.17) is 12.2 Å². The number of hydrogen-bond donors (Lipinski definition) is 1. The van der Waals surface area contributed by atoms with Crippen LogP contribution in [0.5, 0.6) is 0 Å². The van der Waals surface area contributed by atoms with Crippen LogP contribution in [0.3, 0.4) is 0 Å². The van der Waals surface area contributed by atoms with Crippen molar-refractivity contribution in [3.05, 3.63) is 40.3 Å². The number of thioether (sulfide) groups is 1. The molecule has 3 rings (SSSR count). The van der Waals surface area contributed by atoms with Gasteiger partial charge in [0.05, 0.1) is 4.91 Å². The summed E-state index contributed by atoms with van der Waals surface area (Å²) >= 11 is 6.78. The molecule has 1 aromatic rings. The van der Waals surface area contributed by atoms with E-state index in [0.717, 1.165) is 37.7 Å². The van der Waals surface area contributed by atoms with Crippen molar-refractivity contribution in [3.63, 3.8) is 0 Å². The average Bonchev–Trinajstić information content (AvgIpc) is 2.97. The highest BCUT2D eigenvalue weighted by Crippen LogP contribution is 2.32. The van der Waals surface area contributed by atoms with Gasteiger partial charge in [0.1, 0.15) is 4.32 Å². The van der Waals surface area contributed by atoms with Crippen molar-refractivity contribution in [2.75, 3.05) is 6.54 Å². The molecule has 0 radical (unpaired) electrons. The van der Waals surface area contributed by atoms with E-state index in [1.54, 1.807) is 4.90 Å². The maximum absolute atomic E-state index is 12.7. The summed E-state index contributed by atoms with van der Waals surface area (Å²) < 4.78 is 0.628. The monoisotopic (exact) mass is 430 g/mol. The zero-order valence-corrected chi connectivity index (χ0v) is 18.7. The minimum absolute atomic E-state index is 0.00406. The summed E-state index contributed by atoms with van der Waals surface area (Å²) in [6, 6.07) is 8.49. The molecule has 156 valence electrons. The van der Waals surface area contributed by atoms with E-state index in [-0.39, 0.29) is 11.8 Å². The fourth-order valence-electron chi connectivity index (χ4n) is 3.79. The Bertz CT molecular complexity index is 768. The predicted octanol–water partition coefficient (Wildman–Crippen LogP) is 5.21. The van der Waals surface area contributed by atoms with Gasteiger partial charge < -0.3 is 5.32 Å². The zero-order chi connectivity index (χ0) is 20.6. The Morgan fingerprint density at radius 3 is 2.62 bits per heavy atom. The first kappa shape index (κ1) is 22.0. The average molecular weight is 431 g/mol. The third kappa shape index (κ3) is 6.68. The van der Waals surface area contributed by atoms with Crippen LogP contribution in [-0.2, 0) is 9.59 Å². The van der Waals surface area contributed by atoms with Gasteiger partial charge in [0.15, 0.2) is 0 Å². The van der Waals surface area contributed by atoms with Crippen LogP contribution in [0.25, 0.3) is 6.08 Å². The first-order valence-electron chi connectivity index (χ1n) is 10.6. The molecule has 0 bridgehead atoms. The number of nitrogens with zero attached hydrogens (tertiary/aromatic N) is 1. The highest BCUT2D eigenvalue weighted by Gasteiger charge is 2.31. The summed E-state index contributed by atoms with van der Waals surface area (Å²) in [5.74, 6) is 0.166. The number of amides is 2. The first-order valence-corrected chi connectivity index (χ1v) is 11.9. The van der Waals surface area contributed by atoms with Gasteiger partial charge >= 0.3 is 0 Å². The molecule has 1 aromatic carbocycles.